The summed E-state index contributed by atoms with van der Waals surface area (Å²) in [5.41, 5.74) is 8.07. The van der Waals surface area contributed by atoms with Gasteiger partial charge in [0.05, 0.1) is 0 Å². The molecule has 0 fully saturated rings. The molecule has 4 N–H and O–H groups in total. The molecule has 1 atom stereocenters. The van der Waals surface area contributed by atoms with Gasteiger partial charge >= 0.3 is 6.09 Å². The zero-order chi connectivity index (χ0) is 12.0. The van der Waals surface area contributed by atoms with Gasteiger partial charge in [0.15, 0.2) is 0 Å². The van der Waals surface area contributed by atoms with Gasteiger partial charge in [0.2, 0.25) is 0 Å². The Balaban J connectivity index is 2.56. The lowest BCUT2D eigenvalue weighted by Crippen LogP contribution is -2.32. The van der Waals surface area contributed by atoms with Crippen LogP contribution in [0, 0.1) is 12.8 Å². The molecule has 0 heterocycles. The third kappa shape index (κ3) is 3.90. The fraction of sp³-hybridized carbons (Fsp3) is 0.417. The van der Waals surface area contributed by atoms with Crippen molar-refractivity contribution in [1.29, 1.82) is 0 Å². The van der Waals surface area contributed by atoms with Crippen molar-refractivity contribution in [1.82, 2.24) is 5.32 Å². The van der Waals surface area contributed by atoms with E-state index in [0.29, 0.717) is 13.1 Å². The summed E-state index contributed by atoms with van der Waals surface area (Å²) in [6.07, 6.45) is -0.188. The highest BCUT2D eigenvalue weighted by atomic mass is 16.4. The number of nitrogens with two attached hydrogens (primary N) is 1. The van der Waals surface area contributed by atoms with Gasteiger partial charge in [-0.2, -0.15) is 0 Å². The van der Waals surface area contributed by atoms with Crippen LogP contribution >= 0.6 is 0 Å². The lowest BCUT2D eigenvalue weighted by molar-refractivity contribution is 0.192. The second-order valence-corrected chi connectivity index (χ2v) is 3.92. The van der Waals surface area contributed by atoms with Crippen molar-refractivity contribution in [2.24, 2.45) is 11.7 Å². The molecular formula is C12H18N2O2. The van der Waals surface area contributed by atoms with E-state index < -0.39 is 6.09 Å². The largest absolute Gasteiger partial charge is 0.465 e. The van der Waals surface area contributed by atoms with Gasteiger partial charge in [0.25, 0.3) is 0 Å². The highest BCUT2D eigenvalue weighted by molar-refractivity contribution is 5.64. The quantitative estimate of drug-likeness (QED) is 0.704. The smallest absolute Gasteiger partial charge is 0.404 e. The van der Waals surface area contributed by atoms with Crippen LogP contribution < -0.4 is 11.1 Å². The molecule has 0 saturated carbocycles. The molecule has 0 saturated heterocycles. The van der Waals surface area contributed by atoms with E-state index in [2.05, 4.69) is 11.4 Å². The van der Waals surface area contributed by atoms with Crippen LogP contribution in [0.4, 0.5) is 4.79 Å². The molecule has 16 heavy (non-hydrogen) atoms. The molecule has 0 bridgehead atoms. The number of hydrogen-bond donors (Lipinski definition) is 3. The molecule has 0 unspecified atom stereocenters. The van der Waals surface area contributed by atoms with Crippen molar-refractivity contribution < 1.29 is 9.90 Å². The van der Waals surface area contributed by atoms with Crippen LogP contribution in [0.3, 0.4) is 0 Å². The van der Waals surface area contributed by atoms with Crippen LogP contribution in [0.1, 0.15) is 11.1 Å². The van der Waals surface area contributed by atoms with Crippen LogP contribution in [-0.4, -0.2) is 24.3 Å². The number of rotatable bonds is 5. The second kappa shape index (κ2) is 6.12. The summed E-state index contributed by atoms with van der Waals surface area (Å²) in [5, 5.41) is 10.9. The molecule has 1 amide bonds. The Morgan fingerprint density at radius 1 is 1.50 bits per heavy atom. The first-order chi connectivity index (χ1) is 7.63. The lowest BCUT2D eigenvalue weighted by atomic mass is 9.96. The first kappa shape index (κ1) is 12.5. The Labute approximate surface area is 95.5 Å². The third-order valence-corrected chi connectivity index (χ3v) is 2.65. The predicted octanol–water partition coefficient (Wildman–Crippen LogP) is 1.38. The number of hydrogen-bond acceptors (Lipinski definition) is 2. The van der Waals surface area contributed by atoms with Crippen LogP contribution in [-0.2, 0) is 6.42 Å². The number of carboxylic acid groups (broad SMARTS) is 1. The maximum atomic E-state index is 10.4. The van der Waals surface area contributed by atoms with Gasteiger partial charge in [-0.05, 0) is 36.9 Å². The molecule has 0 aromatic heterocycles. The van der Waals surface area contributed by atoms with Crippen LogP contribution in [0.15, 0.2) is 24.3 Å². The summed E-state index contributed by atoms with van der Waals surface area (Å²) in [6, 6.07) is 8.08. The first-order valence-electron chi connectivity index (χ1n) is 5.35. The van der Waals surface area contributed by atoms with Crippen LogP contribution in [0.5, 0.6) is 0 Å². The number of amides is 1. The highest BCUT2D eigenvalue weighted by Crippen LogP contribution is 2.12. The zero-order valence-corrected chi connectivity index (χ0v) is 9.44. The van der Waals surface area contributed by atoms with E-state index in [1.54, 1.807) is 0 Å². The molecule has 0 aliphatic heterocycles. The number of nitrogens with one attached hydrogen (secondary N) is 1. The maximum absolute atomic E-state index is 10.4. The SMILES string of the molecule is Cc1ccccc1C[C@H](CN)CNC(=O)O. The number of carbonyl (C=O) groups is 1. The summed E-state index contributed by atoms with van der Waals surface area (Å²) in [4.78, 5) is 10.4. The van der Waals surface area contributed by atoms with Gasteiger partial charge in [0, 0.05) is 6.54 Å². The Kier molecular flexibility index (Phi) is 4.79. The van der Waals surface area contributed by atoms with Crippen molar-refractivity contribution in [3.8, 4) is 0 Å². The summed E-state index contributed by atoms with van der Waals surface area (Å²) >= 11 is 0. The molecule has 0 aliphatic rings. The van der Waals surface area contributed by atoms with E-state index in [4.69, 9.17) is 10.8 Å². The molecule has 4 nitrogen and oxygen atoms in total. The Morgan fingerprint density at radius 3 is 2.75 bits per heavy atom. The number of aryl methyl sites for hydroxylation is 1. The van der Waals surface area contributed by atoms with Gasteiger partial charge in [-0.15, -0.1) is 0 Å². The first-order valence-corrected chi connectivity index (χ1v) is 5.35. The average Bonchev–Trinajstić information content (AvgIpc) is 2.26. The minimum Gasteiger partial charge on any atom is -0.465 e. The molecule has 4 heteroatoms. The molecule has 0 aliphatic carbocycles. The van der Waals surface area contributed by atoms with Gasteiger partial charge in [-0.1, -0.05) is 24.3 Å². The summed E-state index contributed by atoms with van der Waals surface area (Å²) < 4.78 is 0. The van der Waals surface area contributed by atoms with Crippen LogP contribution in [0.25, 0.3) is 0 Å². The lowest BCUT2D eigenvalue weighted by Gasteiger charge is -2.15. The summed E-state index contributed by atoms with van der Waals surface area (Å²) in [5.74, 6) is 0.150. The highest BCUT2D eigenvalue weighted by Gasteiger charge is 2.10. The molecule has 1 aromatic rings. The summed E-state index contributed by atoms with van der Waals surface area (Å²) in [7, 11) is 0. The van der Waals surface area contributed by atoms with E-state index >= 15 is 0 Å². The van der Waals surface area contributed by atoms with Crippen molar-refractivity contribution >= 4 is 6.09 Å². The molecule has 88 valence electrons. The summed E-state index contributed by atoms with van der Waals surface area (Å²) in [6.45, 7) is 2.93. The molecule has 1 rings (SSSR count). The zero-order valence-electron chi connectivity index (χ0n) is 9.44. The Hall–Kier alpha value is -1.55. The van der Waals surface area contributed by atoms with E-state index in [0.717, 1.165) is 6.42 Å². The van der Waals surface area contributed by atoms with Gasteiger partial charge in [-0.3, -0.25) is 0 Å². The van der Waals surface area contributed by atoms with Crippen molar-refractivity contribution in [2.45, 2.75) is 13.3 Å². The van der Waals surface area contributed by atoms with E-state index in [1.165, 1.54) is 11.1 Å². The Morgan fingerprint density at radius 2 is 2.19 bits per heavy atom. The predicted molar refractivity (Wildman–Crippen MR) is 63.5 cm³/mol. The molecular weight excluding hydrogens is 204 g/mol. The third-order valence-electron chi connectivity index (χ3n) is 2.65. The normalized spacial score (nSPS) is 12.1. The topological polar surface area (TPSA) is 75.3 Å². The molecule has 0 radical (unpaired) electrons. The van der Waals surface area contributed by atoms with Gasteiger partial charge in [-0.25, -0.2) is 4.79 Å². The average molecular weight is 222 g/mol. The standard InChI is InChI=1S/C12H18N2O2/c1-9-4-2-3-5-11(9)6-10(7-13)8-14-12(15)16/h2-5,10,14H,6-8,13H2,1H3,(H,15,16)/t10-/m1/s1. The maximum Gasteiger partial charge on any atom is 0.404 e. The molecule has 0 spiro atoms. The fourth-order valence-electron chi connectivity index (χ4n) is 1.62. The minimum atomic E-state index is -0.997. The fourth-order valence-corrected chi connectivity index (χ4v) is 1.62. The van der Waals surface area contributed by atoms with E-state index in [9.17, 15) is 4.79 Å². The van der Waals surface area contributed by atoms with E-state index in [-0.39, 0.29) is 5.92 Å². The van der Waals surface area contributed by atoms with E-state index in [1.807, 2.05) is 25.1 Å². The Bertz CT molecular complexity index is 353. The van der Waals surface area contributed by atoms with Gasteiger partial charge in [0.1, 0.15) is 0 Å². The minimum absolute atomic E-state index is 0.150. The van der Waals surface area contributed by atoms with Crippen molar-refractivity contribution in [2.75, 3.05) is 13.1 Å². The van der Waals surface area contributed by atoms with Crippen molar-refractivity contribution in [3.05, 3.63) is 35.4 Å². The molecule has 1 aromatic carbocycles. The van der Waals surface area contributed by atoms with Gasteiger partial charge < -0.3 is 16.2 Å². The van der Waals surface area contributed by atoms with Crippen LogP contribution in [0.2, 0.25) is 0 Å². The second-order valence-electron chi connectivity index (χ2n) is 3.92. The van der Waals surface area contributed by atoms with Crippen molar-refractivity contribution in [3.63, 3.8) is 0 Å². The number of benzene rings is 1. The monoisotopic (exact) mass is 222 g/mol.